The number of aryl methyl sites for hydroxylation is 1. The summed E-state index contributed by atoms with van der Waals surface area (Å²) in [4.78, 5) is 279. The van der Waals surface area contributed by atoms with Crippen LogP contribution in [0.25, 0.3) is 16.5 Å². The monoisotopic (exact) mass is 1690 g/mol. The molecule has 2 unspecified atom stereocenters. The van der Waals surface area contributed by atoms with Crippen LogP contribution in [0.4, 0.5) is 5.69 Å². The Kier molecular flexibility index (Phi) is 39.2. The van der Waals surface area contributed by atoms with Crippen molar-refractivity contribution in [2.24, 2.45) is 23.3 Å². The highest BCUT2D eigenvalue weighted by Crippen LogP contribution is 2.24. The van der Waals surface area contributed by atoms with Crippen molar-refractivity contribution in [3.05, 3.63) is 107 Å². The number of carboxylic acids is 4. The van der Waals surface area contributed by atoms with Crippen LogP contribution in [0.1, 0.15) is 139 Å². The van der Waals surface area contributed by atoms with Crippen molar-refractivity contribution in [3.63, 3.8) is 0 Å². The molecule has 1 aromatic heterocycles. The molecule has 3 aromatic carbocycles. The third-order valence-electron chi connectivity index (χ3n) is 19.3. The average Bonchev–Trinajstić information content (AvgIpc) is 1.63. The topological polar surface area (TPSA) is 679 Å². The van der Waals surface area contributed by atoms with Crippen molar-refractivity contribution in [1.29, 1.82) is 0 Å². The van der Waals surface area contributed by atoms with Gasteiger partial charge in [-0.05, 0) is 98.4 Å². The Morgan fingerprint density at radius 3 is 1.74 bits per heavy atom. The molecule has 42 heteroatoms. The zero-order valence-electron chi connectivity index (χ0n) is 67.4. The van der Waals surface area contributed by atoms with E-state index in [2.05, 4.69) is 70.4 Å². The number of para-hydroxylation sites is 2. The minimum Gasteiger partial charge on any atom is -0.481 e. The van der Waals surface area contributed by atoms with E-state index in [1.165, 1.54) is 37.4 Å². The number of aliphatic hydroxyl groups excluding tert-OH is 1. The summed E-state index contributed by atoms with van der Waals surface area (Å²) in [6.45, 7) is 3.18. The number of benzene rings is 3. The first kappa shape index (κ1) is 98.0. The summed E-state index contributed by atoms with van der Waals surface area (Å²) in [7, 11) is 1.43. The van der Waals surface area contributed by atoms with Crippen molar-refractivity contribution >= 4 is 140 Å². The van der Waals surface area contributed by atoms with Gasteiger partial charge in [-0.15, -0.1) is 0 Å². The molecule has 42 nitrogen and oxygen atoms in total. The third-order valence-corrected chi connectivity index (χ3v) is 19.3. The van der Waals surface area contributed by atoms with Gasteiger partial charge in [-0.1, -0.05) is 88.2 Å². The van der Waals surface area contributed by atoms with E-state index in [1.807, 2.05) is 40.2 Å². The Hall–Kier alpha value is -13.5. The summed E-state index contributed by atoms with van der Waals surface area (Å²) in [5, 5.41) is 82.4. The Labute approximate surface area is 693 Å². The second-order valence-electron chi connectivity index (χ2n) is 29.0. The summed E-state index contributed by atoms with van der Waals surface area (Å²) in [6.07, 6.45) is -1.84. The number of aliphatic hydroxyl groups is 1. The summed E-state index contributed by atoms with van der Waals surface area (Å²) in [5.41, 5.74) is 14.8. The molecular weight excluding hydrogens is 1590 g/mol. The van der Waals surface area contributed by atoms with E-state index in [9.17, 15) is 117 Å². The quantitative estimate of drug-likeness (QED) is 0.0121. The van der Waals surface area contributed by atoms with Crippen molar-refractivity contribution < 1.29 is 121 Å². The first-order valence-corrected chi connectivity index (χ1v) is 38.8. The normalized spacial score (nSPS) is 20.9. The van der Waals surface area contributed by atoms with Crippen LogP contribution in [-0.4, -0.2) is 248 Å². The van der Waals surface area contributed by atoms with Gasteiger partial charge in [0.15, 0.2) is 11.6 Å². The largest absolute Gasteiger partial charge is 0.481 e. The second kappa shape index (κ2) is 48.4. The second-order valence-corrected chi connectivity index (χ2v) is 29.0. The lowest BCUT2D eigenvalue weighted by Crippen LogP contribution is -2.60. The molecule has 14 amide bonds. The maximum atomic E-state index is 15.2. The maximum absolute atomic E-state index is 15.2. The molecule has 1 aliphatic rings. The number of nitrogens with one attached hydrogen (secondary N) is 15. The fourth-order valence-corrected chi connectivity index (χ4v) is 12.8. The minimum atomic E-state index is -2.35. The van der Waals surface area contributed by atoms with Crippen LogP contribution in [0.3, 0.4) is 0 Å². The maximum Gasteiger partial charge on any atom is 0.305 e. The molecule has 0 radical (unpaired) electrons. The van der Waals surface area contributed by atoms with E-state index in [1.54, 1.807) is 37.4 Å². The number of carbonyl (C=O) groups excluding carboxylic acids is 16. The van der Waals surface area contributed by atoms with Crippen LogP contribution in [0.15, 0.2) is 85.1 Å². The van der Waals surface area contributed by atoms with Gasteiger partial charge >= 0.3 is 23.9 Å². The number of hydrogen-bond donors (Lipinski definition) is 22. The van der Waals surface area contributed by atoms with Crippen LogP contribution in [-0.2, 0) is 104 Å². The van der Waals surface area contributed by atoms with Crippen LogP contribution >= 0.6 is 0 Å². The Bertz CT molecular complexity index is 4510. The summed E-state index contributed by atoms with van der Waals surface area (Å²) >= 11 is 0. The van der Waals surface area contributed by atoms with E-state index in [4.69, 9.17) is 11.5 Å². The third kappa shape index (κ3) is 32.0. The van der Waals surface area contributed by atoms with Crippen molar-refractivity contribution in [2.45, 2.75) is 191 Å². The summed E-state index contributed by atoms with van der Waals surface area (Å²) < 4.78 is 0. The Balaban J connectivity index is 1.62. The van der Waals surface area contributed by atoms with Crippen molar-refractivity contribution in [2.75, 3.05) is 38.6 Å². The number of amides is 14. The van der Waals surface area contributed by atoms with Crippen molar-refractivity contribution in [3.8, 4) is 0 Å². The number of aliphatic carboxylic acids is 4. The van der Waals surface area contributed by atoms with Gasteiger partial charge in [-0.25, -0.2) is 0 Å². The number of ketones is 2. The van der Waals surface area contributed by atoms with Crippen LogP contribution in [0, 0.1) is 11.8 Å². The number of primary amides is 1. The summed E-state index contributed by atoms with van der Waals surface area (Å²) in [6, 6.07) is -2.00. The molecule has 4 aromatic rings. The molecule has 2 heterocycles. The highest BCUT2D eigenvalue weighted by Gasteiger charge is 2.41. The molecule has 13 atom stereocenters. The lowest BCUT2D eigenvalue weighted by atomic mass is 9.89. The summed E-state index contributed by atoms with van der Waals surface area (Å²) in [5.74, 6) is -30.5. The molecule has 0 bridgehead atoms. The molecular formula is C79H105N17O25. The van der Waals surface area contributed by atoms with Gasteiger partial charge in [0.25, 0.3) is 0 Å². The number of aromatic amines is 1. The number of fused-ring (bicyclic) bond motifs is 1. The molecule has 24 N–H and O–H groups in total. The SMILES string of the molecule is CCCCCc1ccc(/C(C)=C/C(=O)N[C@@H](Cc2c[nH]c3ccccc23)C(=O)N[C@H](CC(N)=O)C(=O)N[C@@H](CC(=O)O)C(=O)N[C@@H]2C(=O)NCC(=O)N[C@@H](CCCN)C(=O)N[C@@H](CC(=O)O)C(=O)N[C@H](C)C(=O)N[C@@H](CC(=O)O)C(=O)NCC(=O)N[C@H](CO)C(=O)NC(C(C)CC(=O)O)C(=O)N[C@@H](CC(=O)c3ccccc3NC)C(=O)C[C@@H]2C)cc1. The van der Waals surface area contributed by atoms with E-state index in [0.717, 1.165) is 52.0 Å². The standard InChI is InChI=1S/C79H105N17O25/c1-7-8-9-15-43-21-23-44(24-22-43)39(2)27-61(101)88-52(29-45-35-83-49-19-13-10-16-46(45)49)74(116)92-53(31-60(81)100)75(117)94-56(34-67(110)111)76(118)95-68-40(3)26-59(99)51(30-58(98)47-17-11-12-18-48(47)82-6)90-79(121)69(41(4)28-64(104)105)96-77(119)57(38-97)89-63(103)36-84-71(113)54(32-65(106)107)91-70(112)42(5)86-73(115)55(33-66(108)109)93-72(114)50(20-14-25-80)87-62(102)37-85-78(68)120/h10-13,16-19,21-24,27,35,40-42,50-57,68-69,82-83,97H,7-9,14-15,20,25-26,28-34,36-38,80H2,1-6H3,(H2,81,100)(H,84,113)(H,85,120)(H,86,115)(H,87,102)(H,88,101)(H,89,103)(H,90,121)(H,91,112)(H,92,116)(H,93,114)(H,94,117)(H,95,118)(H,96,119)(H,104,105)(H,106,107)(H,108,109)(H,110,111)/b39-27+/t40-,41?,42+,50-,51-,52-,53+,54-,55-,56-,57+,68-,69?/m0/s1. The molecule has 0 saturated carbocycles. The van der Waals surface area contributed by atoms with Gasteiger partial charge < -0.3 is 116 Å². The Morgan fingerprint density at radius 1 is 0.570 bits per heavy atom. The number of nitrogens with two attached hydrogens (primary N) is 2. The van der Waals surface area contributed by atoms with E-state index in [-0.39, 0.29) is 37.1 Å². The van der Waals surface area contributed by atoms with Crippen LogP contribution < -0.4 is 85.9 Å². The fourth-order valence-electron chi connectivity index (χ4n) is 12.8. The van der Waals surface area contributed by atoms with Gasteiger partial charge in [0.05, 0.1) is 57.8 Å². The predicted molar refractivity (Wildman–Crippen MR) is 429 cm³/mol. The first-order valence-electron chi connectivity index (χ1n) is 38.8. The van der Waals surface area contributed by atoms with Crippen molar-refractivity contribution in [1.82, 2.24) is 74.1 Å². The highest BCUT2D eigenvalue weighted by atomic mass is 16.4. The first-order chi connectivity index (χ1) is 57.2. The highest BCUT2D eigenvalue weighted by molar-refractivity contribution is 6.07. The molecule has 0 aliphatic carbocycles. The van der Waals surface area contributed by atoms with Gasteiger partial charge in [0.2, 0.25) is 82.7 Å². The number of anilines is 1. The number of H-pyrrole nitrogens is 1. The molecule has 5 rings (SSSR count). The molecule has 0 spiro atoms. The average molecular weight is 1690 g/mol. The number of allylic oxidation sites excluding steroid dienone is 1. The number of rotatable bonds is 34. The van der Waals surface area contributed by atoms with Gasteiger partial charge in [0.1, 0.15) is 60.4 Å². The molecule has 121 heavy (non-hydrogen) atoms. The van der Waals surface area contributed by atoms with Crippen LogP contribution in [0.5, 0.6) is 0 Å². The van der Waals surface area contributed by atoms with E-state index >= 15 is 4.79 Å². The predicted octanol–water partition coefficient (Wildman–Crippen LogP) is -3.80. The lowest BCUT2D eigenvalue weighted by Gasteiger charge is -2.30. The lowest BCUT2D eigenvalue weighted by molar-refractivity contribution is -0.142. The fraction of sp³-hybridized carbons (Fsp3) is 0.468. The number of unbranched alkanes of at least 4 members (excludes halogenated alkanes) is 2. The van der Waals surface area contributed by atoms with Crippen LogP contribution in [0.2, 0.25) is 0 Å². The van der Waals surface area contributed by atoms with Gasteiger partial charge in [-0.3, -0.25) is 95.9 Å². The van der Waals surface area contributed by atoms with Gasteiger partial charge in [-0.2, -0.15) is 0 Å². The minimum absolute atomic E-state index is 0.0800. The molecule has 1 aliphatic heterocycles. The Morgan fingerprint density at radius 2 is 1.13 bits per heavy atom. The number of aromatic nitrogens is 1. The number of carbonyl (C=O) groups is 20. The molecule has 656 valence electrons. The zero-order valence-corrected chi connectivity index (χ0v) is 67.4. The molecule has 1 fully saturated rings. The van der Waals surface area contributed by atoms with E-state index in [0.29, 0.717) is 27.6 Å². The molecule has 1 saturated heterocycles. The zero-order chi connectivity index (χ0) is 89.9. The number of carboxylic acid groups (broad SMARTS) is 4. The number of hydrogen-bond acceptors (Lipinski definition) is 23. The number of Topliss-reactive ketones (excluding diaryl/α,β-unsaturated/α-hetero) is 2. The van der Waals surface area contributed by atoms with Gasteiger partial charge in [0, 0.05) is 60.7 Å². The van der Waals surface area contributed by atoms with E-state index < -0.39 is 261 Å². The smallest absolute Gasteiger partial charge is 0.305 e.